The summed E-state index contributed by atoms with van der Waals surface area (Å²) in [6.07, 6.45) is 4.20. The summed E-state index contributed by atoms with van der Waals surface area (Å²) >= 11 is 0. The zero-order valence-corrected chi connectivity index (χ0v) is 18.7. The summed E-state index contributed by atoms with van der Waals surface area (Å²) in [5.41, 5.74) is 3.88. The van der Waals surface area contributed by atoms with Crippen LogP contribution in [-0.2, 0) is 22.7 Å². The highest BCUT2D eigenvalue weighted by Gasteiger charge is 2.40. The van der Waals surface area contributed by atoms with Crippen molar-refractivity contribution < 1.29 is 19.1 Å². The van der Waals surface area contributed by atoms with Gasteiger partial charge in [-0.25, -0.2) is 0 Å². The number of benzene rings is 2. The number of nitrogens with zero attached hydrogens (tertiary/aromatic N) is 1. The Kier molecular flexibility index (Phi) is 6.78. The molecule has 0 bridgehead atoms. The van der Waals surface area contributed by atoms with Crippen LogP contribution in [-0.4, -0.2) is 37.0 Å². The number of ether oxygens (including phenoxy) is 2. The predicted octanol–water partition coefficient (Wildman–Crippen LogP) is 3.99. The number of nitrogens with one attached hydrogen (secondary N) is 1. The molecule has 2 amide bonds. The van der Waals surface area contributed by atoms with Crippen molar-refractivity contribution in [1.82, 2.24) is 10.2 Å². The molecular formula is C26H30N2O4. The Labute approximate surface area is 189 Å². The average molecular weight is 435 g/mol. The number of rotatable bonds is 8. The first-order valence-electron chi connectivity index (χ1n) is 11.1. The first-order valence-corrected chi connectivity index (χ1v) is 11.1. The van der Waals surface area contributed by atoms with Gasteiger partial charge in [0.15, 0.2) is 11.5 Å². The van der Waals surface area contributed by atoms with E-state index in [0.29, 0.717) is 30.2 Å². The van der Waals surface area contributed by atoms with Gasteiger partial charge in [0.1, 0.15) is 0 Å². The molecule has 6 nitrogen and oxygen atoms in total. The standard InChI is InChI=1S/C26H30N2O4/c1-31-23-13-12-19(14-24(23)32-2)16-27-25(29)15-21-20-10-6-7-11-22(20)28(26(21)30)17-18-8-4-3-5-9-18/h3-5,8-9,12-14,22H,6-7,10-11,15-17H2,1-2H3,(H,27,29). The summed E-state index contributed by atoms with van der Waals surface area (Å²) in [5, 5.41) is 2.96. The van der Waals surface area contributed by atoms with Crippen LogP contribution in [0.5, 0.6) is 11.5 Å². The smallest absolute Gasteiger partial charge is 0.251 e. The molecule has 2 aliphatic rings. The minimum atomic E-state index is -0.137. The molecule has 1 saturated carbocycles. The Bertz CT molecular complexity index is 1020. The zero-order valence-electron chi connectivity index (χ0n) is 18.7. The molecular weight excluding hydrogens is 404 g/mol. The van der Waals surface area contributed by atoms with Crippen LogP contribution in [0.3, 0.4) is 0 Å². The maximum atomic E-state index is 13.3. The molecule has 1 heterocycles. The maximum Gasteiger partial charge on any atom is 0.251 e. The van der Waals surface area contributed by atoms with Crippen molar-refractivity contribution in [3.05, 3.63) is 70.8 Å². The molecule has 2 aromatic carbocycles. The second-order valence-corrected chi connectivity index (χ2v) is 8.33. The van der Waals surface area contributed by atoms with Gasteiger partial charge < -0.3 is 19.7 Å². The van der Waals surface area contributed by atoms with E-state index in [0.717, 1.165) is 36.8 Å². The van der Waals surface area contributed by atoms with E-state index in [1.165, 1.54) is 5.57 Å². The molecule has 1 atom stereocenters. The zero-order chi connectivity index (χ0) is 22.5. The van der Waals surface area contributed by atoms with Crippen LogP contribution in [0, 0.1) is 0 Å². The summed E-state index contributed by atoms with van der Waals surface area (Å²) in [6, 6.07) is 15.7. The van der Waals surface area contributed by atoms with E-state index < -0.39 is 0 Å². The Hall–Kier alpha value is -3.28. The number of amides is 2. The normalized spacial score (nSPS) is 17.9. The van der Waals surface area contributed by atoms with Gasteiger partial charge in [0, 0.05) is 18.7 Å². The van der Waals surface area contributed by atoms with Gasteiger partial charge in [0.25, 0.3) is 5.91 Å². The third-order valence-electron chi connectivity index (χ3n) is 6.33. The van der Waals surface area contributed by atoms with Gasteiger partial charge in [-0.05, 0) is 48.1 Å². The third-order valence-corrected chi connectivity index (χ3v) is 6.33. The summed E-state index contributed by atoms with van der Waals surface area (Å²) < 4.78 is 10.6. The summed E-state index contributed by atoms with van der Waals surface area (Å²) in [6.45, 7) is 0.956. The molecule has 0 saturated heterocycles. The Morgan fingerprint density at radius 3 is 2.56 bits per heavy atom. The van der Waals surface area contributed by atoms with Crippen molar-refractivity contribution in [2.24, 2.45) is 0 Å². The highest BCUT2D eigenvalue weighted by molar-refractivity contribution is 6.02. The molecule has 2 aromatic rings. The van der Waals surface area contributed by atoms with E-state index in [9.17, 15) is 9.59 Å². The molecule has 4 rings (SSSR count). The lowest BCUT2D eigenvalue weighted by Crippen LogP contribution is -2.36. The highest BCUT2D eigenvalue weighted by Crippen LogP contribution is 2.38. The SMILES string of the molecule is COc1ccc(CNC(=O)CC2=C3CCCCC3N(Cc3ccccc3)C2=O)cc1OC. The number of hydrogen-bond acceptors (Lipinski definition) is 4. The van der Waals surface area contributed by atoms with Crippen molar-refractivity contribution in [2.75, 3.05) is 14.2 Å². The molecule has 6 heteroatoms. The van der Waals surface area contributed by atoms with Crippen LogP contribution in [0.4, 0.5) is 0 Å². The monoisotopic (exact) mass is 434 g/mol. The maximum absolute atomic E-state index is 13.3. The predicted molar refractivity (Wildman–Crippen MR) is 122 cm³/mol. The van der Waals surface area contributed by atoms with Crippen molar-refractivity contribution in [1.29, 1.82) is 0 Å². The van der Waals surface area contributed by atoms with E-state index in [1.54, 1.807) is 14.2 Å². The molecule has 1 unspecified atom stereocenters. The van der Waals surface area contributed by atoms with Crippen molar-refractivity contribution in [2.45, 2.75) is 51.2 Å². The van der Waals surface area contributed by atoms with Gasteiger partial charge in [-0.1, -0.05) is 42.8 Å². The lowest BCUT2D eigenvalue weighted by molar-refractivity contribution is -0.129. The topological polar surface area (TPSA) is 67.9 Å². The van der Waals surface area contributed by atoms with Crippen molar-refractivity contribution in [3.63, 3.8) is 0 Å². The van der Waals surface area contributed by atoms with E-state index in [4.69, 9.17) is 9.47 Å². The van der Waals surface area contributed by atoms with Crippen LogP contribution in [0.25, 0.3) is 0 Å². The Morgan fingerprint density at radius 2 is 1.81 bits per heavy atom. The van der Waals surface area contributed by atoms with Gasteiger partial charge in [0.2, 0.25) is 5.91 Å². The number of fused-ring (bicyclic) bond motifs is 1. The molecule has 1 N–H and O–H groups in total. The van der Waals surface area contributed by atoms with Crippen LogP contribution < -0.4 is 14.8 Å². The van der Waals surface area contributed by atoms with E-state index in [2.05, 4.69) is 5.32 Å². The van der Waals surface area contributed by atoms with Crippen LogP contribution in [0.15, 0.2) is 59.7 Å². The van der Waals surface area contributed by atoms with Crippen molar-refractivity contribution in [3.8, 4) is 11.5 Å². The molecule has 0 spiro atoms. The molecule has 0 aromatic heterocycles. The Balaban J connectivity index is 1.43. The van der Waals surface area contributed by atoms with E-state index in [1.807, 2.05) is 53.4 Å². The highest BCUT2D eigenvalue weighted by atomic mass is 16.5. The fraction of sp³-hybridized carbons (Fsp3) is 0.385. The van der Waals surface area contributed by atoms with Crippen LogP contribution in [0.2, 0.25) is 0 Å². The second kappa shape index (κ2) is 9.90. The van der Waals surface area contributed by atoms with Crippen molar-refractivity contribution >= 4 is 11.8 Å². The summed E-state index contributed by atoms with van der Waals surface area (Å²) in [4.78, 5) is 28.0. The minimum absolute atomic E-state index is 0.0111. The van der Waals surface area contributed by atoms with Crippen LogP contribution in [0.1, 0.15) is 43.2 Å². The second-order valence-electron chi connectivity index (χ2n) is 8.33. The quantitative estimate of drug-likeness (QED) is 0.682. The van der Waals surface area contributed by atoms with E-state index >= 15 is 0 Å². The summed E-state index contributed by atoms with van der Waals surface area (Å²) in [5.74, 6) is 1.14. The van der Waals surface area contributed by atoms with E-state index in [-0.39, 0.29) is 24.3 Å². The fourth-order valence-electron chi connectivity index (χ4n) is 4.71. The third kappa shape index (κ3) is 4.64. The first-order chi connectivity index (χ1) is 15.6. The molecule has 32 heavy (non-hydrogen) atoms. The molecule has 1 aliphatic heterocycles. The lowest BCUT2D eigenvalue weighted by Gasteiger charge is -2.30. The molecule has 168 valence electrons. The largest absolute Gasteiger partial charge is 0.493 e. The lowest BCUT2D eigenvalue weighted by atomic mass is 9.88. The van der Waals surface area contributed by atoms with Gasteiger partial charge >= 0.3 is 0 Å². The molecule has 0 radical (unpaired) electrons. The Morgan fingerprint density at radius 1 is 1.03 bits per heavy atom. The van der Waals surface area contributed by atoms with Gasteiger partial charge in [0.05, 0.1) is 26.7 Å². The van der Waals surface area contributed by atoms with Gasteiger partial charge in [-0.3, -0.25) is 9.59 Å². The average Bonchev–Trinajstić information content (AvgIpc) is 3.09. The molecule has 1 aliphatic carbocycles. The first kappa shape index (κ1) is 21.9. The molecule has 1 fully saturated rings. The number of hydrogen-bond donors (Lipinski definition) is 1. The number of carbonyl (C=O) groups excluding carboxylic acids is 2. The summed E-state index contributed by atoms with van der Waals surface area (Å²) in [7, 11) is 3.17. The minimum Gasteiger partial charge on any atom is -0.493 e. The number of carbonyl (C=O) groups is 2. The van der Waals surface area contributed by atoms with Gasteiger partial charge in [-0.15, -0.1) is 0 Å². The number of methoxy groups -OCH3 is 2. The van der Waals surface area contributed by atoms with Gasteiger partial charge in [-0.2, -0.15) is 0 Å². The fourth-order valence-corrected chi connectivity index (χ4v) is 4.71. The van der Waals surface area contributed by atoms with Crippen LogP contribution >= 0.6 is 0 Å².